The maximum absolute atomic E-state index is 11.7. The molecule has 1 rings (SSSR count). The predicted molar refractivity (Wildman–Crippen MR) is 78.9 cm³/mol. The van der Waals surface area contributed by atoms with Crippen LogP contribution in [0, 0.1) is 0 Å². The molecule has 6 heteroatoms. The summed E-state index contributed by atoms with van der Waals surface area (Å²) in [4.78, 5) is 12.9. The van der Waals surface area contributed by atoms with Crippen LogP contribution in [-0.4, -0.2) is 37.8 Å². The minimum atomic E-state index is -3.20. The van der Waals surface area contributed by atoms with E-state index in [2.05, 4.69) is 0 Å². The van der Waals surface area contributed by atoms with Gasteiger partial charge in [0.05, 0.1) is 17.1 Å². The van der Waals surface area contributed by atoms with Gasteiger partial charge in [-0.3, -0.25) is 4.79 Å². The average Bonchev–Trinajstić information content (AvgIpc) is 2.38. The second-order valence-electron chi connectivity index (χ2n) is 4.83. The topological polar surface area (TPSA) is 74.7 Å². The van der Waals surface area contributed by atoms with E-state index in [1.54, 1.807) is 31.2 Å². The van der Waals surface area contributed by atoms with Crippen LogP contribution in [0.1, 0.15) is 27.2 Å². The summed E-state index contributed by atoms with van der Waals surface area (Å²) in [5.41, 5.74) is 0.830. The van der Waals surface area contributed by atoms with Gasteiger partial charge in [-0.25, -0.2) is 8.42 Å². The summed E-state index contributed by atoms with van der Waals surface area (Å²) in [6, 6.07) is 6.74. The van der Waals surface area contributed by atoms with Crippen molar-refractivity contribution in [2.45, 2.75) is 38.1 Å². The number of hydrogen-bond acceptors (Lipinski definition) is 4. The third-order valence-electron chi connectivity index (χ3n) is 3.10. The highest BCUT2D eigenvalue weighted by Gasteiger charge is 2.15. The summed E-state index contributed by atoms with van der Waals surface area (Å²) in [6.45, 7) is 5.94. The number of anilines is 1. The molecule has 0 amide bonds. The fraction of sp³-hybridized carbons (Fsp3) is 0.500. The van der Waals surface area contributed by atoms with Gasteiger partial charge in [-0.2, -0.15) is 0 Å². The number of benzene rings is 1. The maximum atomic E-state index is 11.7. The van der Waals surface area contributed by atoms with E-state index in [9.17, 15) is 13.2 Å². The Morgan fingerprint density at radius 2 is 1.80 bits per heavy atom. The molecular weight excluding hydrogens is 278 g/mol. The van der Waals surface area contributed by atoms with E-state index in [-0.39, 0.29) is 18.2 Å². The molecule has 0 aliphatic carbocycles. The molecule has 0 aromatic heterocycles. The summed E-state index contributed by atoms with van der Waals surface area (Å²) < 4.78 is 23.5. The second-order valence-corrected chi connectivity index (χ2v) is 7.11. The van der Waals surface area contributed by atoms with Crippen molar-refractivity contribution >= 4 is 21.5 Å². The Balaban J connectivity index is 2.97. The molecule has 20 heavy (non-hydrogen) atoms. The maximum Gasteiger partial charge on any atom is 0.305 e. The first kappa shape index (κ1) is 16.5. The lowest BCUT2D eigenvalue weighted by molar-refractivity contribution is -0.136. The molecule has 0 aliphatic rings. The van der Waals surface area contributed by atoms with Crippen LogP contribution in [0.4, 0.5) is 5.69 Å². The van der Waals surface area contributed by atoms with E-state index >= 15 is 0 Å². The zero-order valence-corrected chi connectivity index (χ0v) is 12.9. The summed E-state index contributed by atoms with van der Waals surface area (Å²) in [6.07, 6.45) is 0.0488. The molecule has 0 unspecified atom stereocenters. The molecule has 0 saturated heterocycles. The van der Waals surface area contributed by atoms with Crippen molar-refractivity contribution in [1.29, 1.82) is 0 Å². The van der Waals surface area contributed by atoms with Gasteiger partial charge < -0.3 is 10.0 Å². The van der Waals surface area contributed by atoms with Crippen molar-refractivity contribution in [1.82, 2.24) is 0 Å². The van der Waals surface area contributed by atoms with Crippen LogP contribution < -0.4 is 4.90 Å². The van der Waals surface area contributed by atoms with Crippen LogP contribution in [0.3, 0.4) is 0 Å². The summed E-state index contributed by atoms with van der Waals surface area (Å²) in [7, 11) is -3.20. The Bertz CT molecular complexity index is 549. The Morgan fingerprint density at radius 3 is 2.20 bits per heavy atom. The number of nitrogens with zero attached hydrogens (tertiary/aromatic N) is 1. The van der Waals surface area contributed by atoms with E-state index in [0.717, 1.165) is 5.69 Å². The fourth-order valence-corrected chi connectivity index (χ4v) is 2.80. The number of carbonyl (C=O) groups is 1. The first-order valence-electron chi connectivity index (χ1n) is 6.59. The highest BCUT2D eigenvalue weighted by Crippen LogP contribution is 2.21. The fourth-order valence-electron chi connectivity index (χ4n) is 1.91. The Morgan fingerprint density at radius 1 is 1.25 bits per heavy atom. The monoisotopic (exact) mass is 299 g/mol. The Labute approximate surface area is 120 Å². The first-order valence-corrected chi connectivity index (χ1v) is 8.24. The molecule has 1 N–H and O–H groups in total. The van der Waals surface area contributed by atoms with Crippen molar-refractivity contribution in [3.8, 4) is 0 Å². The summed E-state index contributed by atoms with van der Waals surface area (Å²) >= 11 is 0. The van der Waals surface area contributed by atoms with Gasteiger partial charge in [0.2, 0.25) is 0 Å². The molecular formula is C14H21NO4S. The zero-order valence-electron chi connectivity index (χ0n) is 12.0. The first-order chi connectivity index (χ1) is 9.27. The standard InChI is InChI=1S/C14H21NO4S/c1-4-20(18,19)13-7-5-12(6-8-13)15(11(2)3)10-9-14(16)17/h5-8,11H,4,9-10H2,1-3H3,(H,16,17). The largest absolute Gasteiger partial charge is 0.481 e. The van der Waals surface area contributed by atoms with E-state index < -0.39 is 15.8 Å². The van der Waals surface area contributed by atoms with E-state index in [1.807, 2.05) is 18.7 Å². The molecule has 0 spiro atoms. The van der Waals surface area contributed by atoms with Crippen LogP contribution in [0.2, 0.25) is 0 Å². The number of hydrogen-bond donors (Lipinski definition) is 1. The van der Waals surface area contributed by atoms with Crippen LogP contribution >= 0.6 is 0 Å². The minimum Gasteiger partial charge on any atom is -0.481 e. The molecule has 1 aromatic carbocycles. The van der Waals surface area contributed by atoms with Crippen molar-refractivity contribution in [2.75, 3.05) is 17.2 Å². The molecule has 0 atom stereocenters. The highest BCUT2D eigenvalue weighted by molar-refractivity contribution is 7.91. The second kappa shape index (κ2) is 6.74. The van der Waals surface area contributed by atoms with Crippen LogP contribution in [0.25, 0.3) is 0 Å². The van der Waals surface area contributed by atoms with Crippen molar-refractivity contribution < 1.29 is 18.3 Å². The predicted octanol–water partition coefficient (Wildman–Crippen LogP) is 2.17. The van der Waals surface area contributed by atoms with Gasteiger partial charge in [0.25, 0.3) is 0 Å². The third kappa shape index (κ3) is 4.23. The molecule has 0 saturated carbocycles. The minimum absolute atomic E-state index is 0.0488. The lowest BCUT2D eigenvalue weighted by Crippen LogP contribution is -2.32. The van der Waals surface area contributed by atoms with Gasteiger partial charge in [-0.05, 0) is 38.1 Å². The van der Waals surface area contributed by atoms with E-state index in [0.29, 0.717) is 11.4 Å². The van der Waals surface area contributed by atoms with Crippen LogP contribution in [0.15, 0.2) is 29.2 Å². The van der Waals surface area contributed by atoms with Gasteiger partial charge in [-0.15, -0.1) is 0 Å². The SMILES string of the molecule is CCS(=O)(=O)c1ccc(N(CCC(=O)O)C(C)C)cc1. The van der Waals surface area contributed by atoms with Crippen LogP contribution in [-0.2, 0) is 14.6 Å². The summed E-state index contributed by atoms with van der Waals surface area (Å²) in [5.74, 6) is -0.778. The molecule has 1 aromatic rings. The third-order valence-corrected chi connectivity index (χ3v) is 4.85. The molecule has 0 aliphatic heterocycles. The van der Waals surface area contributed by atoms with E-state index in [4.69, 9.17) is 5.11 Å². The molecule has 0 radical (unpaired) electrons. The van der Waals surface area contributed by atoms with Gasteiger partial charge in [0.1, 0.15) is 0 Å². The van der Waals surface area contributed by atoms with Gasteiger partial charge in [0.15, 0.2) is 9.84 Å². The number of carboxylic acids is 1. The normalized spacial score (nSPS) is 11.6. The molecule has 0 fully saturated rings. The van der Waals surface area contributed by atoms with Gasteiger partial charge in [0, 0.05) is 18.3 Å². The highest BCUT2D eigenvalue weighted by atomic mass is 32.2. The van der Waals surface area contributed by atoms with Gasteiger partial charge in [-0.1, -0.05) is 6.92 Å². The summed E-state index contributed by atoms with van der Waals surface area (Å²) in [5, 5.41) is 8.77. The van der Waals surface area contributed by atoms with E-state index in [1.165, 1.54) is 0 Å². The molecule has 0 bridgehead atoms. The quantitative estimate of drug-likeness (QED) is 0.835. The van der Waals surface area contributed by atoms with Crippen molar-refractivity contribution in [3.05, 3.63) is 24.3 Å². The molecule has 112 valence electrons. The molecule has 5 nitrogen and oxygen atoms in total. The Hall–Kier alpha value is -1.56. The van der Waals surface area contributed by atoms with Crippen molar-refractivity contribution in [2.24, 2.45) is 0 Å². The number of rotatable bonds is 7. The van der Waals surface area contributed by atoms with Crippen molar-refractivity contribution in [3.63, 3.8) is 0 Å². The average molecular weight is 299 g/mol. The number of carboxylic acid groups (broad SMARTS) is 1. The number of sulfone groups is 1. The lowest BCUT2D eigenvalue weighted by atomic mass is 10.2. The smallest absolute Gasteiger partial charge is 0.305 e. The van der Waals surface area contributed by atoms with Crippen LogP contribution in [0.5, 0.6) is 0 Å². The Kier molecular flexibility index (Phi) is 5.56. The van der Waals surface area contributed by atoms with Gasteiger partial charge >= 0.3 is 5.97 Å². The zero-order chi connectivity index (χ0) is 15.3. The lowest BCUT2D eigenvalue weighted by Gasteiger charge is -2.28. The number of aliphatic carboxylic acids is 1. The molecule has 0 heterocycles.